The number of sulfonamides is 1. The number of unbranched alkanes of at least 4 members (excludes halogenated alkanes) is 1. The lowest BCUT2D eigenvalue weighted by Crippen LogP contribution is -2.28. The van der Waals surface area contributed by atoms with Gasteiger partial charge in [0, 0.05) is 19.4 Å². The number of rotatable bonds is 9. The number of anilines is 1. The number of aryl methyl sites for hydroxylation is 3. The van der Waals surface area contributed by atoms with E-state index in [9.17, 15) is 13.2 Å². The maximum atomic E-state index is 12.3. The fourth-order valence-electron chi connectivity index (χ4n) is 2.39. The van der Waals surface area contributed by atoms with E-state index in [2.05, 4.69) is 27.2 Å². The Morgan fingerprint density at radius 3 is 2.69 bits per heavy atom. The number of nitrogens with one attached hydrogen (secondary N) is 2. The molecule has 0 aliphatic heterocycles. The molecule has 142 valence electrons. The SMILES string of the molecule is CCCCc1nnc(NC(=O)CCNS(=O)(=O)c2ccc(C)cc2C)s1. The van der Waals surface area contributed by atoms with E-state index in [1.54, 1.807) is 19.1 Å². The van der Waals surface area contributed by atoms with E-state index in [0.717, 1.165) is 29.8 Å². The zero-order valence-corrected chi connectivity index (χ0v) is 16.8. The highest BCUT2D eigenvalue weighted by Gasteiger charge is 2.17. The van der Waals surface area contributed by atoms with Gasteiger partial charge in [0.2, 0.25) is 21.1 Å². The van der Waals surface area contributed by atoms with Crippen LogP contribution < -0.4 is 10.0 Å². The van der Waals surface area contributed by atoms with Gasteiger partial charge in [-0.15, -0.1) is 10.2 Å². The molecule has 7 nitrogen and oxygen atoms in total. The smallest absolute Gasteiger partial charge is 0.240 e. The minimum Gasteiger partial charge on any atom is -0.300 e. The van der Waals surface area contributed by atoms with Crippen molar-refractivity contribution in [3.05, 3.63) is 34.3 Å². The predicted molar refractivity (Wildman–Crippen MR) is 103 cm³/mol. The van der Waals surface area contributed by atoms with Gasteiger partial charge in [0.1, 0.15) is 5.01 Å². The summed E-state index contributed by atoms with van der Waals surface area (Å²) in [6.07, 6.45) is 2.97. The number of hydrogen-bond acceptors (Lipinski definition) is 6. The van der Waals surface area contributed by atoms with Crippen LogP contribution in [0.4, 0.5) is 5.13 Å². The number of benzene rings is 1. The Morgan fingerprint density at radius 1 is 1.23 bits per heavy atom. The largest absolute Gasteiger partial charge is 0.300 e. The second kappa shape index (κ2) is 9.20. The molecule has 1 aromatic heterocycles. The molecule has 0 bridgehead atoms. The van der Waals surface area contributed by atoms with Crippen LogP contribution >= 0.6 is 11.3 Å². The van der Waals surface area contributed by atoms with Gasteiger partial charge in [-0.3, -0.25) is 4.79 Å². The van der Waals surface area contributed by atoms with Gasteiger partial charge in [-0.2, -0.15) is 0 Å². The van der Waals surface area contributed by atoms with Crippen LogP contribution in [0.3, 0.4) is 0 Å². The Balaban J connectivity index is 1.84. The van der Waals surface area contributed by atoms with E-state index >= 15 is 0 Å². The highest BCUT2D eigenvalue weighted by molar-refractivity contribution is 7.89. The number of carbonyl (C=O) groups is 1. The number of nitrogens with zero attached hydrogens (tertiary/aromatic N) is 2. The minimum atomic E-state index is -3.64. The van der Waals surface area contributed by atoms with Crippen molar-refractivity contribution in [3.63, 3.8) is 0 Å². The van der Waals surface area contributed by atoms with Crippen molar-refractivity contribution in [3.8, 4) is 0 Å². The fraction of sp³-hybridized carbons (Fsp3) is 0.471. The van der Waals surface area contributed by atoms with Crippen molar-refractivity contribution in [1.82, 2.24) is 14.9 Å². The first-order chi connectivity index (χ1) is 12.3. The molecule has 2 N–H and O–H groups in total. The fourth-order valence-corrected chi connectivity index (χ4v) is 4.45. The highest BCUT2D eigenvalue weighted by atomic mass is 32.2. The molecule has 1 aromatic carbocycles. The molecule has 0 saturated carbocycles. The molecule has 1 heterocycles. The summed E-state index contributed by atoms with van der Waals surface area (Å²) in [6.45, 7) is 5.77. The summed E-state index contributed by atoms with van der Waals surface area (Å²) in [5, 5.41) is 11.9. The lowest BCUT2D eigenvalue weighted by molar-refractivity contribution is -0.116. The monoisotopic (exact) mass is 396 g/mol. The molecular formula is C17H24N4O3S2. The van der Waals surface area contributed by atoms with Crippen molar-refractivity contribution >= 4 is 32.4 Å². The molecule has 0 radical (unpaired) electrons. The van der Waals surface area contributed by atoms with Crippen LogP contribution in [0.1, 0.15) is 42.3 Å². The Hall–Kier alpha value is -1.84. The first kappa shape index (κ1) is 20.5. The van der Waals surface area contributed by atoms with Crippen LogP contribution in [0.15, 0.2) is 23.1 Å². The lowest BCUT2D eigenvalue weighted by Gasteiger charge is -2.09. The number of hydrogen-bond donors (Lipinski definition) is 2. The molecule has 1 amide bonds. The summed E-state index contributed by atoms with van der Waals surface area (Å²) in [4.78, 5) is 12.2. The Morgan fingerprint density at radius 2 is 2.00 bits per heavy atom. The van der Waals surface area contributed by atoms with E-state index in [0.29, 0.717) is 10.7 Å². The summed E-state index contributed by atoms with van der Waals surface area (Å²) in [5.41, 5.74) is 1.67. The van der Waals surface area contributed by atoms with E-state index in [1.165, 1.54) is 11.3 Å². The van der Waals surface area contributed by atoms with Crippen LogP contribution in [-0.4, -0.2) is 31.1 Å². The van der Waals surface area contributed by atoms with E-state index < -0.39 is 10.0 Å². The summed E-state index contributed by atoms with van der Waals surface area (Å²) in [6, 6.07) is 5.14. The first-order valence-corrected chi connectivity index (χ1v) is 10.8. The molecule has 2 aromatic rings. The topological polar surface area (TPSA) is 101 Å². The van der Waals surface area contributed by atoms with Crippen molar-refractivity contribution in [2.45, 2.75) is 51.3 Å². The Labute approximate surface area is 158 Å². The summed E-state index contributed by atoms with van der Waals surface area (Å²) in [7, 11) is -3.64. The van der Waals surface area contributed by atoms with Crippen LogP contribution in [0.5, 0.6) is 0 Å². The zero-order valence-electron chi connectivity index (χ0n) is 15.2. The van der Waals surface area contributed by atoms with Crippen molar-refractivity contribution in [2.75, 3.05) is 11.9 Å². The molecule has 0 saturated heterocycles. The van der Waals surface area contributed by atoms with Gasteiger partial charge in [0.15, 0.2) is 0 Å². The van der Waals surface area contributed by atoms with Crippen molar-refractivity contribution < 1.29 is 13.2 Å². The third-order valence-electron chi connectivity index (χ3n) is 3.72. The minimum absolute atomic E-state index is 0.0168. The van der Waals surface area contributed by atoms with Gasteiger partial charge >= 0.3 is 0 Å². The number of carbonyl (C=O) groups excluding carboxylic acids is 1. The van der Waals surface area contributed by atoms with Crippen molar-refractivity contribution in [1.29, 1.82) is 0 Å². The van der Waals surface area contributed by atoms with Crippen LogP contribution in [-0.2, 0) is 21.2 Å². The second-order valence-electron chi connectivity index (χ2n) is 6.07. The van der Waals surface area contributed by atoms with Gasteiger partial charge < -0.3 is 5.32 Å². The molecule has 26 heavy (non-hydrogen) atoms. The second-order valence-corrected chi connectivity index (χ2v) is 8.87. The molecule has 0 unspecified atom stereocenters. The molecule has 0 spiro atoms. The van der Waals surface area contributed by atoms with Gasteiger partial charge in [-0.05, 0) is 31.9 Å². The van der Waals surface area contributed by atoms with Crippen LogP contribution in [0, 0.1) is 13.8 Å². The number of aromatic nitrogens is 2. The first-order valence-electron chi connectivity index (χ1n) is 8.51. The van der Waals surface area contributed by atoms with Gasteiger partial charge in [0.25, 0.3) is 0 Å². The molecule has 9 heteroatoms. The summed E-state index contributed by atoms with van der Waals surface area (Å²) in [5.74, 6) is -0.300. The Kier molecular flexibility index (Phi) is 7.24. The molecule has 0 atom stereocenters. The molecule has 0 aliphatic rings. The molecule has 0 fully saturated rings. The average molecular weight is 397 g/mol. The standard InChI is InChI=1S/C17H24N4O3S2/c1-4-5-6-16-20-21-17(25-16)19-15(22)9-10-18-26(23,24)14-8-7-12(2)11-13(14)3/h7-8,11,18H,4-6,9-10H2,1-3H3,(H,19,21,22). The zero-order chi connectivity index (χ0) is 19.2. The summed E-state index contributed by atoms with van der Waals surface area (Å²) < 4.78 is 27.2. The maximum absolute atomic E-state index is 12.3. The van der Waals surface area contributed by atoms with Crippen LogP contribution in [0.2, 0.25) is 0 Å². The normalized spacial score (nSPS) is 11.5. The lowest BCUT2D eigenvalue weighted by atomic mass is 10.2. The summed E-state index contributed by atoms with van der Waals surface area (Å²) >= 11 is 1.35. The number of amides is 1. The van der Waals surface area contributed by atoms with Gasteiger partial charge in [-0.1, -0.05) is 42.4 Å². The van der Waals surface area contributed by atoms with E-state index in [-0.39, 0.29) is 23.8 Å². The van der Waals surface area contributed by atoms with E-state index in [1.807, 2.05) is 13.0 Å². The average Bonchev–Trinajstić information content (AvgIpc) is 2.99. The molecule has 0 aliphatic carbocycles. The maximum Gasteiger partial charge on any atom is 0.240 e. The quantitative estimate of drug-likeness (QED) is 0.679. The van der Waals surface area contributed by atoms with Crippen molar-refractivity contribution in [2.24, 2.45) is 0 Å². The Bertz CT molecular complexity index is 863. The third-order valence-corrected chi connectivity index (χ3v) is 6.24. The van der Waals surface area contributed by atoms with E-state index in [4.69, 9.17) is 0 Å². The third kappa shape index (κ3) is 5.86. The molecular weight excluding hydrogens is 372 g/mol. The predicted octanol–water partition coefficient (Wildman–Crippen LogP) is 2.80. The highest BCUT2D eigenvalue weighted by Crippen LogP contribution is 2.18. The molecule has 2 rings (SSSR count). The van der Waals surface area contributed by atoms with Gasteiger partial charge in [0.05, 0.1) is 4.90 Å². The van der Waals surface area contributed by atoms with Crippen LogP contribution in [0.25, 0.3) is 0 Å². The van der Waals surface area contributed by atoms with Gasteiger partial charge in [-0.25, -0.2) is 13.1 Å².